The minimum absolute atomic E-state index is 0.164. The first-order valence-electron chi connectivity index (χ1n) is 13.9. The highest BCUT2D eigenvalue weighted by Gasteiger charge is 2.08. The maximum Gasteiger partial charge on any atom is 0.223 e. The number of nitrogens with zero attached hydrogens (tertiary/aromatic N) is 1. The first kappa shape index (κ1) is 28.9. The van der Waals surface area contributed by atoms with Crippen LogP contribution in [-0.2, 0) is 13.2 Å². The van der Waals surface area contributed by atoms with E-state index in [1.54, 1.807) is 6.20 Å². The molecule has 0 saturated carbocycles. The molecule has 0 radical (unpaired) electrons. The maximum atomic E-state index is 12.4. The highest BCUT2D eigenvalue weighted by molar-refractivity contribution is 5.24. The molecular formula is C31H47NO3. The van der Waals surface area contributed by atoms with Crippen molar-refractivity contribution in [3.8, 4) is 5.75 Å². The number of hydrogen-bond acceptors (Lipinski definition) is 3. The van der Waals surface area contributed by atoms with Crippen LogP contribution in [0.25, 0.3) is 0 Å². The van der Waals surface area contributed by atoms with Crippen molar-refractivity contribution in [2.75, 3.05) is 6.61 Å². The molecule has 194 valence electrons. The number of benzene rings is 1. The molecule has 0 saturated heterocycles. The van der Waals surface area contributed by atoms with Crippen molar-refractivity contribution in [1.82, 2.24) is 4.57 Å². The van der Waals surface area contributed by atoms with Crippen LogP contribution in [0.4, 0.5) is 0 Å². The van der Waals surface area contributed by atoms with Gasteiger partial charge in [-0.25, -0.2) is 0 Å². The lowest BCUT2D eigenvalue weighted by molar-refractivity contribution is 0.267. The van der Waals surface area contributed by atoms with E-state index in [2.05, 4.69) is 19.1 Å². The molecule has 4 heteroatoms. The molecule has 1 heterocycles. The maximum absolute atomic E-state index is 12.4. The highest BCUT2D eigenvalue weighted by Crippen LogP contribution is 2.13. The Morgan fingerprint density at radius 2 is 1.43 bits per heavy atom. The van der Waals surface area contributed by atoms with Gasteiger partial charge in [0.1, 0.15) is 0 Å². The zero-order chi connectivity index (χ0) is 25.0. The summed E-state index contributed by atoms with van der Waals surface area (Å²) in [6, 6.07) is 11.5. The minimum Gasteiger partial charge on any atom is -0.488 e. The van der Waals surface area contributed by atoms with Gasteiger partial charge in [-0.15, -0.1) is 0 Å². The van der Waals surface area contributed by atoms with Crippen LogP contribution >= 0.6 is 0 Å². The summed E-state index contributed by atoms with van der Waals surface area (Å²) < 4.78 is 7.71. The molecule has 1 N–H and O–H groups in total. The molecule has 0 aliphatic heterocycles. The summed E-state index contributed by atoms with van der Waals surface area (Å²) in [5.74, 6) is 0.367. The van der Waals surface area contributed by atoms with Crippen molar-refractivity contribution in [3.05, 3.63) is 76.2 Å². The van der Waals surface area contributed by atoms with E-state index in [-0.39, 0.29) is 12.0 Å². The number of aliphatic hydroxyl groups is 1. The predicted molar refractivity (Wildman–Crippen MR) is 147 cm³/mol. The number of aromatic nitrogens is 1. The normalized spacial score (nSPS) is 11.4. The smallest absolute Gasteiger partial charge is 0.223 e. The Kier molecular flexibility index (Phi) is 15.6. The molecule has 2 rings (SSSR count). The highest BCUT2D eigenvalue weighted by atomic mass is 16.5. The van der Waals surface area contributed by atoms with Crippen molar-refractivity contribution in [1.29, 1.82) is 0 Å². The van der Waals surface area contributed by atoms with E-state index in [9.17, 15) is 9.90 Å². The van der Waals surface area contributed by atoms with Crippen molar-refractivity contribution in [2.45, 2.75) is 110 Å². The van der Waals surface area contributed by atoms with Gasteiger partial charge in [0.2, 0.25) is 5.43 Å². The van der Waals surface area contributed by atoms with E-state index in [4.69, 9.17) is 4.74 Å². The molecule has 0 aliphatic rings. The Morgan fingerprint density at radius 3 is 2.06 bits per heavy atom. The zero-order valence-corrected chi connectivity index (χ0v) is 21.9. The molecule has 0 fully saturated rings. The number of pyridine rings is 1. The van der Waals surface area contributed by atoms with E-state index in [0.717, 1.165) is 18.4 Å². The van der Waals surface area contributed by atoms with E-state index in [1.165, 1.54) is 83.1 Å². The average Bonchev–Trinajstić information content (AvgIpc) is 2.88. The van der Waals surface area contributed by atoms with Crippen molar-refractivity contribution >= 4 is 0 Å². The third-order valence-corrected chi connectivity index (χ3v) is 6.45. The Hall–Kier alpha value is -2.33. The second-order valence-electron chi connectivity index (χ2n) is 9.55. The van der Waals surface area contributed by atoms with Gasteiger partial charge in [-0.05, 0) is 37.7 Å². The number of unbranched alkanes of at least 4 members (excludes halogenated alkanes) is 12. The molecule has 2 aromatic rings. The fraction of sp³-hybridized carbons (Fsp3) is 0.581. The third kappa shape index (κ3) is 12.8. The van der Waals surface area contributed by atoms with E-state index >= 15 is 0 Å². The predicted octanol–water partition coefficient (Wildman–Crippen LogP) is 7.81. The van der Waals surface area contributed by atoms with Crippen LogP contribution in [-0.4, -0.2) is 16.3 Å². The Labute approximate surface area is 213 Å². The van der Waals surface area contributed by atoms with Gasteiger partial charge in [0, 0.05) is 18.3 Å². The molecule has 0 spiro atoms. The molecule has 1 aromatic carbocycles. The van der Waals surface area contributed by atoms with Crippen LogP contribution in [0, 0.1) is 0 Å². The van der Waals surface area contributed by atoms with Gasteiger partial charge in [-0.3, -0.25) is 4.79 Å². The first-order valence-corrected chi connectivity index (χ1v) is 13.9. The molecule has 0 unspecified atom stereocenters. The SMILES string of the molecule is CCCCCCCCC=CCCCCCCCCOc1cn(Cc2ccccc2)c(CO)cc1=O. The van der Waals surface area contributed by atoms with E-state index in [0.29, 0.717) is 24.6 Å². The number of aliphatic hydroxyl groups excluding tert-OH is 1. The lowest BCUT2D eigenvalue weighted by Crippen LogP contribution is -2.16. The van der Waals surface area contributed by atoms with Gasteiger partial charge in [0.15, 0.2) is 5.75 Å². The van der Waals surface area contributed by atoms with Crippen LogP contribution in [0.15, 0.2) is 59.5 Å². The topological polar surface area (TPSA) is 51.5 Å². The summed E-state index contributed by atoms with van der Waals surface area (Å²) in [5.41, 5.74) is 1.55. The fourth-order valence-electron chi connectivity index (χ4n) is 4.30. The molecule has 0 aliphatic carbocycles. The Bertz CT molecular complexity index is 873. The summed E-state index contributed by atoms with van der Waals surface area (Å²) in [6.07, 6.45) is 24.3. The molecule has 4 nitrogen and oxygen atoms in total. The van der Waals surface area contributed by atoms with Crippen LogP contribution < -0.4 is 10.2 Å². The van der Waals surface area contributed by atoms with Gasteiger partial charge in [0.25, 0.3) is 0 Å². The zero-order valence-electron chi connectivity index (χ0n) is 21.9. The van der Waals surface area contributed by atoms with Gasteiger partial charge in [-0.1, -0.05) is 107 Å². The average molecular weight is 482 g/mol. The lowest BCUT2D eigenvalue weighted by atomic mass is 10.1. The largest absolute Gasteiger partial charge is 0.488 e. The fourth-order valence-corrected chi connectivity index (χ4v) is 4.30. The van der Waals surface area contributed by atoms with Crippen LogP contribution in [0.3, 0.4) is 0 Å². The monoisotopic (exact) mass is 481 g/mol. The number of ether oxygens (including phenoxy) is 1. The van der Waals surface area contributed by atoms with Crippen LogP contribution in [0.5, 0.6) is 5.75 Å². The summed E-state index contributed by atoms with van der Waals surface area (Å²) >= 11 is 0. The van der Waals surface area contributed by atoms with Gasteiger partial charge in [-0.2, -0.15) is 0 Å². The summed E-state index contributed by atoms with van der Waals surface area (Å²) in [7, 11) is 0. The molecule has 0 amide bonds. The van der Waals surface area contributed by atoms with Crippen LogP contribution in [0.1, 0.15) is 108 Å². The second kappa shape index (κ2) is 18.9. The molecule has 0 atom stereocenters. The quantitative estimate of drug-likeness (QED) is 0.155. The number of allylic oxidation sites excluding steroid dienone is 2. The van der Waals surface area contributed by atoms with Gasteiger partial charge in [0.05, 0.1) is 19.4 Å². The second-order valence-corrected chi connectivity index (χ2v) is 9.55. The number of rotatable bonds is 20. The van der Waals surface area contributed by atoms with E-state index < -0.39 is 0 Å². The van der Waals surface area contributed by atoms with E-state index in [1.807, 2.05) is 34.9 Å². The third-order valence-electron chi connectivity index (χ3n) is 6.45. The summed E-state index contributed by atoms with van der Waals surface area (Å²) in [6.45, 7) is 3.25. The first-order chi connectivity index (χ1) is 17.2. The standard InChI is InChI=1S/C31H47NO3/c1-2-3-4-5-6-7-8-9-10-11-12-13-14-15-16-20-23-35-31-26-32(29(27-33)24-30(31)34)25-28-21-18-17-19-22-28/h9-10,17-19,21-22,24,26,33H,2-8,11-16,20,23,25,27H2,1H3. The Balaban J connectivity index is 1.54. The summed E-state index contributed by atoms with van der Waals surface area (Å²) in [5, 5.41) is 9.64. The minimum atomic E-state index is -0.169. The molecule has 35 heavy (non-hydrogen) atoms. The molecule has 0 bridgehead atoms. The molecule has 1 aromatic heterocycles. The molecular weight excluding hydrogens is 434 g/mol. The summed E-state index contributed by atoms with van der Waals surface area (Å²) in [4.78, 5) is 12.4. The lowest BCUT2D eigenvalue weighted by Gasteiger charge is -2.14. The van der Waals surface area contributed by atoms with Gasteiger partial charge >= 0.3 is 0 Å². The van der Waals surface area contributed by atoms with Crippen molar-refractivity contribution < 1.29 is 9.84 Å². The Morgan fingerprint density at radius 1 is 0.829 bits per heavy atom. The number of hydrogen-bond donors (Lipinski definition) is 1. The van der Waals surface area contributed by atoms with Crippen molar-refractivity contribution in [2.24, 2.45) is 0 Å². The van der Waals surface area contributed by atoms with Gasteiger partial charge < -0.3 is 14.4 Å². The van der Waals surface area contributed by atoms with Crippen LogP contribution in [0.2, 0.25) is 0 Å². The van der Waals surface area contributed by atoms with Crippen molar-refractivity contribution in [3.63, 3.8) is 0 Å².